The van der Waals surface area contributed by atoms with Gasteiger partial charge in [0.05, 0.1) is 17.6 Å². The van der Waals surface area contributed by atoms with Crippen molar-refractivity contribution in [3.8, 4) is 0 Å². The quantitative estimate of drug-likeness (QED) is 0.823. The van der Waals surface area contributed by atoms with Gasteiger partial charge >= 0.3 is 5.97 Å². The van der Waals surface area contributed by atoms with Crippen molar-refractivity contribution in [1.82, 2.24) is 0 Å². The highest BCUT2D eigenvalue weighted by Gasteiger charge is 2.44. The van der Waals surface area contributed by atoms with E-state index in [4.69, 9.17) is 4.74 Å². The largest absolute Gasteiger partial charge is 0.481 e. The molecule has 2 aliphatic rings. The third-order valence-electron chi connectivity index (χ3n) is 4.48. The van der Waals surface area contributed by atoms with Crippen molar-refractivity contribution in [1.29, 1.82) is 0 Å². The summed E-state index contributed by atoms with van der Waals surface area (Å²) in [7, 11) is 0. The molecule has 4 atom stereocenters. The molecule has 17 heavy (non-hydrogen) atoms. The molecule has 1 N–H and O–H groups in total. The summed E-state index contributed by atoms with van der Waals surface area (Å²) in [5.41, 5.74) is -0.508. The van der Waals surface area contributed by atoms with Crippen LogP contribution in [-0.2, 0) is 9.53 Å². The third kappa shape index (κ3) is 2.82. The molecule has 0 aromatic carbocycles. The fraction of sp³-hybridized carbons (Fsp3) is 0.929. The number of carbonyl (C=O) groups is 1. The van der Waals surface area contributed by atoms with Crippen LogP contribution in [-0.4, -0.2) is 23.3 Å². The smallest absolute Gasteiger partial charge is 0.309 e. The molecule has 4 unspecified atom stereocenters. The van der Waals surface area contributed by atoms with Crippen molar-refractivity contribution in [2.24, 2.45) is 11.3 Å². The van der Waals surface area contributed by atoms with Gasteiger partial charge in [-0.2, -0.15) is 0 Å². The van der Waals surface area contributed by atoms with Gasteiger partial charge in [-0.1, -0.05) is 19.8 Å². The summed E-state index contributed by atoms with van der Waals surface area (Å²) in [6, 6.07) is 0. The zero-order chi connectivity index (χ0) is 12.5. The summed E-state index contributed by atoms with van der Waals surface area (Å²) in [6.45, 7) is 4.26. The Morgan fingerprint density at radius 2 is 2.12 bits per heavy atom. The van der Waals surface area contributed by atoms with E-state index in [1.807, 2.05) is 0 Å². The van der Waals surface area contributed by atoms with E-state index in [1.165, 1.54) is 6.42 Å². The average molecular weight is 240 g/mol. The molecule has 1 saturated heterocycles. The summed E-state index contributed by atoms with van der Waals surface area (Å²) in [6.07, 6.45) is 7.21. The summed E-state index contributed by atoms with van der Waals surface area (Å²) in [4.78, 5) is 11.6. The second-order valence-corrected chi connectivity index (χ2v) is 6.14. The maximum Gasteiger partial charge on any atom is 0.309 e. The number of hydrogen-bond acceptors (Lipinski definition) is 2. The Balaban J connectivity index is 2.03. The maximum atomic E-state index is 11.6. The van der Waals surface area contributed by atoms with Crippen LogP contribution in [0.5, 0.6) is 0 Å². The predicted octanol–water partition coefficient (Wildman–Crippen LogP) is 3.23. The van der Waals surface area contributed by atoms with Crippen LogP contribution in [0, 0.1) is 11.3 Å². The number of aliphatic carboxylic acids is 1. The number of carboxylic acid groups (broad SMARTS) is 1. The molecule has 1 saturated carbocycles. The Hall–Kier alpha value is -0.570. The standard InChI is InChI=1S/C14H24O3/c1-10-4-3-7-14(8-10,13(15)16)9-12-6-5-11(2)17-12/h10-12H,3-9H2,1-2H3,(H,15,16). The van der Waals surface area contributed by atoms with E-state index in [-0.39, 0.29) is 6.10 Å². The zero-order valence-electron chi connectivity index (χ0n) is 10.9. The Morgan fingerprint density at radius 3 is 2.65 bits per heavy atom. The first-order chi connectivity index (χ1) is 8.02. The van der Waals surface area contributed by atoms with E-state index in [9.17, 15) is 9.90 Å². The first-order valence-electron chi connectivity index (χ1n) is 6.91. The lowest BCUT2D eigenvalue weighted by atomic mass is 9.67. The SMILES string of the molecule is CC1CCCC(CC2CCC(C)O2)(C(=O)O)C1. The molecule has 3 heteroatoms. The van der Waals surface area contributed by atoms with E-state index < -0.39 is 11.4 Å². The lowest BCUT2D eigenvalue weighted by molar-refractivity contribution is -0.155. The molecule has 1 heterocycles. The van der Waals surface area contributed by atoms with Crippen LogP contribution in [0.3, 0.4) is 0 Å². The van der Waals surface area contributed by atoms with Crippen LogP contribution in [0.25, 0.3) is 0 Å². The van der Waals surface area contributed by atoms with Crippen molar-refractivity contribution in [2.45, 2.75) is 71.0 Å². The predicted molar refractivity (Wildman–Crippen MR) is 65.9 cm³/mol. The van der Waals surface area contributed by atoms with Gasteiger partial charge in [-0.3, -0.25) is 4.79 Å². The van der Waals surface area contributed by atoms with Gasteiger partial charge < -0.3 is 9.84 Å². The first-order valence-corrected chi connectivity index (χ1v) is 6.91. The molecule has 0 spiro atoms. The molecule has 0 radical (unpaired) electrons. The fourth-order valence-corrected chi connectivity index (χ4v) is 3.60. The summed E-state index contributed by atoms with van der Waals surface area (Å²) < 4.78 is 5.81. The molecule has 2 rings (SSSR count). The minimum absolute atomic E-state index is 0.173. The van der Waals surface area contributed by atoms with Gasteiger partial charge in [0, 0.05) is 0 Å². The highest BCUT2D eigenvalue weighted by atomic mass is 16.5. The van der Waals surface area contributed by atoms with E-state index in [0.717, 1.165) is 38.5 Å². The van der Waals surface area contributed by atoms with Crippen LogP contribution in [0.2, 0.25) is 0 Å². The van der Waals surface area contributed by atoms with Crippen LogP contribution in [0.4, 0.5) is 0 Å². The number of carboxylic acids is 1. The Morgan fingerprint density at radius 1 is 1.35 bits per heavy atom. The molecule has 2 fully saturated rings. The molecule has 1 aliphatic heterocycles. The molecular weight excluding hydrogens is 216 g/mol. The molecule has 0 bridgehead atoms. The molecule has 1 aliphatic carbocycles. The normalized spacial score (nSPS) is 42.6. The lowest BCUT2D eigenvalue weighted by Gasteiger charge is -2.38. The molecular formula is C14H24O3. The van der Waals surface area contributed by atoms with Crippen molar-refractivity contribution >= 4 is 5.97 Å². The van der Waals surface area contributed by atoms with E-state index in [1.54, 1.807) is 0 Å². The molecule has 0 aromatic rings. The Labute approximate surface area is 104 Å². The molecule has 3 nitrogen and oxygen atoms in total. The minimum atomic E-state index is -0.604. The first kappa shape index (κ1) is 12.9. The van der Waals surface area contributed by atoms with Crippen LogP contribution < -0.4 is 0 Å². The lowest BCUT2D eigenvalue weighted by Crippen LogP contribution is -2.39. The van der Waals surface area contributed by atoms with Gasteiger partial charge in [0.1, 0.15) is 0 Å². The van der Waals surface area contributed by atoms with Crippen LogP contribution >= 0.6 is 0 Å². The highest BCUT2D eigenvalue weighted by molar-refractivity contribution is 5.74. The van der Waals surface area contributed by atoms with Gasteiger partial charge in [0.25, 0.3) is 0 Å². The summed E-state index contributed by atoms with van der Waals surface area (Å²) in [5, 5.41) is 9.58. The number of rotatable bonds is 3. The highest BCUT2D eigenvalue weighted by Crippen LogP contribution is 2.45. The van der Waals surface area contributed by atoms with Crippen molar-refractivity contribution in [3.63, 3.8) is 0 Å². The third-order valence-corrected chi connectivity index (χ3v) is 4.48. The van der Waals surface area contributed by atoms with E-state index >= 15 is 0 Å². The van der Waals surface area contributed by atoms with Gasteiger partial charge in [-0.05, 0) is 44.9 Å². The fourth-order valence-electron chi connectivity index (χ4n) is 3.60. The van der Waals surface area contributed by atoms with Gasteiger partial charge in [0.15, 0.2) is 0 Å². The minimum Gasteiger partial charge on any atom is -0.481 e. The van der Waals surface area contributed by atoms with Crippen molar-refractivity contribution in [2.75, 3.05) is 0 Å². The number of ether oxygens (including phenoxy) is 1. The van der Waals surface area contributed by atoms with Crippen LogP contribution in [0.1, 0.15) is 58.8 Å². The van der Waals surface area contributed by atoms with Gasteiger partial charge in [0.2, 0.25) is 0 Å². The Kier molecular flexibility index (Phi) is 3.76. The van der Waals surface area contributed by atoms with E-state index in [2.05, 4.69) is 13.8 Å². The molecule has 0 aromatic heterocycles. The Bertz CT molecular complexity index is 289. The van der Waals surface area contributed by atoms with E-state index in [0.29, 0.717) is 12.0 Å². The van der Waals surface area contributed by atoms with Gasteiger partial charge in [-0.25, -0.2) is 0 Å². The maximum absolute atomic E-state index is 11.6. The zero-order valence-corrected chi connectivity index (χ0v) is 10.9. The molecule has 98 valence electrons. The monoisotopic (exact) mass is 240 g/mol. The molecule has 0 amide bonds. The van der Waals surface area contributed by atoms with Crippen LogP contribution in [0.15, 0.2) is 0 Å². The van der Waals surface area contributed by atoms with Gasteiger partial charge in [-0.15, -0.1) is 0 Å². The second-order valence-electron chi connectivity index (χ2n) is 6.14. The average Bonchev–Trinajstić information content (AvgIpc) is 2.63. The van der Waals surface area contributed by atoms with Crippen molar-refractivity contribution < 1.29 is 14.6 Å². The number of hydrogen-bond donors (Lipinski definition) is 1. The summed E-state index contributed by atoms with van der Waals surface area (Å²) in [5.74, 6) is -0.0640. The summed E-state index contributed by atoms with van der Waals surface area (Å²) >= 11 is 0. The second kappa shape index (κ2) is 4.97. The van der Waals surface area contributed by atoms with Crippen molar-refractivity contribution in [3.05, 3.63) is 0 Å². The topological polar surface area (TPSA) is 46.5 Å².